The van der Waals surface area contributed by atoms with Gasteiger partial charge in [0, 0.05) is 25.4 Å². The van der Waals surface area contributed by atoms with Gasteiger partial charge < -0.3 is 14.6 Å². The Bertz CT molecular complexity index is 390. The zero-order chi connectivity index (χ0) is 14.8. The van der Waals surface area contributed by atoms with E-state index in [-0.39, 0.29) is 12.0 Å². The number of aromatic nitrogens is 2. The van der Waals surface area contributed by atoms with Crippen molar-refractivity contribution >= 4 is 5.97 Å². The second kappa shape index (κ2) is 9.53. The van der Waals surface area contributed by atoms with Crippen LogP contribution in [0.4, 0.5) is 0 Å². The molecule has 0 fully saturated rings. The summed E-state index contributed by atoms with van der Waals surface area (Å²) in [5.41, 5.74) is 0. The Kier molecular flexibility index (Phi) is 7.95. The van der Waals surface area contributed by atoms with Crippen LogP contribution in [0.5, 0.6) is 0 Å². The minimum absolute atomic E-state index is 0.155. The van der Waals surface area contributed by atoms with Crippen LogP contribution in [0, 0.1) is 0 Å². The maximum Gasteiger partial charge on any atom is 0.323 e. The lowest BCUT2D eigenvalue weighted by molar-refractivity contribution is -0.145. The van der Waals surface area contributed by atoms with Crippen molar-refractivity contribution in [2.24, 2.45) is 0 Å². The molecular formula is C15H27N3O2. The topological polar surface area (TPSA) is 56.2 Å². The van der Waals surface area contributed by atoms with Crippen molar-refractivity contribution in [3.05, 3.63) is 18.2 Å². The van der Waals surface area contributed by atoms with Gasteiger partial charge in [0.15, 0.2) is 0 Å². The molecule has 0 aliphatic heterocycles. The zero-order valence-corrected chi connectivity index (χ0v) is 12.9. The molecule has 1 aromatic heterocycles. The maximum absolute atomic E-state index is 11.9. The highest BCUT2D eigenvalue weighted by Crippen LogP contribution is 2.05. The van der Waals surface area contributed by atoms with Crippen molar-refractivity contribution in [1.82, 2.24) is 14.9 Å². The standard InChI is InChI=1S/C15H27N3O2/c1-4-7-14-17-10-12-18(14)11-8-13(16-9-5-2)15(19)20-6-3/h10,12-13,16H,4-9,11H2,1-3H3. The third-order valence-electron chi connectivity index (χ3n) is 3.15. The molecule has 1 rings (SSSR count). The normalized spacial score (nSPS) is 12.3. The van der Waals surface area contributed by atoms with Crippen LogP contribution < -0.4 is 5.32 Å². The van der Waals surface area contributed by atoms with Gasteiger partial charge in [0.1, 0.15) is 11.9 Å². The summed E-state index contributed by atoms with van der Waals surface area (Å²) in [5, 5.41) is 3.26. The Morgan fingerprint density at radius 2 is 2.20 bits per heavy atom. The number of rotatable bonds is 10. The van der Waals surface area contributed by atoms with Gasteiger partial charge in [-0.05, 0) is 32.7 Å². The van der Waals surface area contributed by atoms with E-state index in [1.807, 2.05) is 19.3 Å². The Morgan fingerprint density at radius 1 is 1.40 bits per heavy atom. The van der Waals surface area contributed by atoms with Crippen LogP contribution >= 0.6 is 0 Å². The van der Waals surface area contributed by atoms with Crippen LogP contribution in [0.3, 0.4) is 0 Å². The molecule has 0 amide bonds. The summed E-state index contributed by atoms with van der Waals surface area (Å²) in [6, 6.07) is -0.230. The van der Waals surface area contributed by atoms with E-state index < -0.39 is 0 Å². The van der Waals surface area contributed by atoms with Crippen LogP contribution in [-0.2, 0) is 22.5 Å². The first-order valence-corrected chi connectivity index (χ1v) is 7.62. The Balaban J connectivity index is 2.55. The van der Waals surface area contributed by atoms with Gasteiger partial charge in [-0.2, -0.15) is 0 Å². The molecule has 0 bridgehead atoms. The number of nitrogens with one attached hydrogen (secondary N) is 1. The van der Waals surface area contributed by atoms with Gasteiger partial charge in [-0.25, -0.2) is 4.98 Å². The smallest absolute Gasteiger partial charge is 0.323 e. The number of carbonyl (C=O) groups excluding carboxylic acids is 1. The van der Waals surface area contributed by atoms with E-state index in [0.717, 1.165) is 44.6 Å². The highest BCUT2D eigenvalue weighted by Gasteiger charge is 2.19. The van der Waals surface area contributed by atoms with Crippen LogP contribution in [-0.4, -0.2) is 34.7 Å². The lowest BCUT2D eigenvalue weighted by Gasteiger charge is -2.17. The van der Waals surface area contributed by atoms with E-state index in [0.29, 0.717) is 6.61 Å². The van der Waals surface area contributed by atoms with Crippen molar-refractivity contribution in [3.8, 4) is 0 Å². The number of nitrogens with zero attached hydrogens (tertiary/aromatic N) is 2. The Morgan fingerprint density at radius 3 is 2.85 bits per heavy atom. The number of imidazole rings is 1. The molecule has 0 saturated carbocycles. The summed E-state index contributed by atoms with van der Waals surface area (Å²) in [5.74, 6) is 0.934. The first-order valence-electron chi connectivity index (χ1n) is 7.62. The van der Waals surface area contributed by atoms with E-state index in [4.69, 9.17) is 4.74 Å². The molecule has 1 atom stereocenters. The molecule has 5 nitrogen and oxygen atoms in total. The number of ether oxygens (including phenoxy) is 1. The van der Waals surface area contributed by atoms with Crippen LogP contribution in [0.25, 0.3) is 0 Å². The third kappa shape index (κ3) is 5.33. The van der Waals surface area contributed by atoms with Crippen LogP contribution in [0.1, 0.15) is 45.9 Å². The molecular weight excluding hydrogens is 254 g/mol. The molecule has 5 heteroatoms. The summed E-state index contributed by atoms with van der Waals surface area (Å²) in [6.07, 6.45) is 7.58. The van der Waals surface area contributed by atoms with Gasteiger partial charge in [-0.1, -0.05) is 13.8 Å². The molecule has 0 radical (unpaired) electrons. The minimum atomic E-state index is -0.230. The fraction of sp³-hybridized carbons (Fsp3) is 0.733. The van der Waals surface area contributed by atoms with E-state index >= 15 is 0 Å². The molecule has 1 unspecified atom stereocenters. The van der Waals surface area contributed by atoms with Gasteiger partial charge in [0.2, 0.25) is 0 Å². The molecule has 0 aromatic carbocycles. The van der Waals surface area contributed by atoms with E-state index in [1.54, 1.807) is 0 Å². The predicted octanol–water partition coefficient (Wildman–Crippen LogP) is 2.16. The molecule has 1 aromatic rings. The lowest BCUT2D eigenvalue weighted by atomic mass is 10.2. The number of aryl methyl sites for hydroxylation is 2. The van der Waals surface area contributed by atoms with Gasteiger partial charge in [-0.15, -0.1) is 0 Å². The van der Waals surface area contributed by atoms with Crippen molar-refractivity contribution < 1.29 is 9.53 Å². The van der Waals surface area contributed by atoms with Gasteiger partial charge >= 0.3 is 5.97 Å². The van der Waals surface area contributed by atoms with Crippen LogP contribution in [0.2, 0.25) is 0 Å². The number of carbonyl (C=O) groups is 1. The summed E-state index contributed by atoms with van der Waals surface area (Å²) in [4.78, 5) is 16.3. The van der Waals surface area contributed by atoms with Gasteiger partial charge in [0.05, 0.1) is 6.61 Å². The molecule has 1 heterocycles. The third-order valence-corrected chi connectivity index (χ3v) is 3.15. The van der Waals surface area contributed by atoms with Crippen LogP contribution in [0.15, 0.2) is 12.4 Å². The minimum Gasteiger partial charge on any atom is -0.465 e. The van der Waals surface area contributed by atoms with Crippen molar-refractivity contribution in [2.45, 2.75) is 59.0 Å². The van der Waals surface area contributed by atoms with Crippen molar-refractivity contribution in [2.75, 3.05) is 13.2 Å². The van der Waals surface area contributed by atoms with E-state index in [1.165, 1.54) is 0 Å². The molecule has 0 aliphatic rings. The maximum atomic E-state index is 11.9. The van der Waals surface area contributed by atoms with E-state index in [2.05, 4.69) is 28.7 Å². The highest BCUT2D eigenvalue weighted by atomic mass is 16.5. The summed E-state index contributed by atoms with van der Waals surface area (Å²) < 4.78 is 7.25. The lowest BCUT2D eigenvalue weighted by Crippen LogP contribution is -2.39. The van der Waals surface area contributed by atoms with Gasteiger partial charge in [-0.3, -0.25) is 4.79 Å². The quantitative estimate of drug-likeness (QED) is 0.668. The highest BCUT2D eigenvalue weighted by molar-refractivity contribution is 5.75. The van der Waals surface area contributed by atoms with Crippen molar-refractivity contribution in [3.63, 3.8) is 0 Å². The molecule has 0 spiro atoms. The second-order valence-corrected chi connectivity index (χ2v) is 4.83. The number of hydrogen-bond donors (Lipinski definition) is 1. The average molecular weight is 281 g/mol. The molecule has 0 saturated heterocycles. The average Bonchev–Trinajstić information content (AvgIpc) is 2.87. The number of hydrogen-bond acceptors (Lipinski definition) is 4. The summed E-state index contributed by atoms with van der Waals surface area (Å²) >= 11 is 0. The second-order valence-electron chi connectivity index (χ2n) is 4.83. The largest absolute Gasteiger partial charge is 0.465 e. The van der Waals surface area contributed by atoms with E-state index in [9.17, 15) is 4.79 Å². The summed E-state index contributed by atoms with van der Waals surface area (Å²) in [6.45, 7) is 8.11. The monoisotopic (exact) mass is 281 g/mol. The first-order chi connectivity index (χ1) is 9.72. The fourth-order valence-corrected chi connectivity index (χ4v) is 2.13. The molecule has 114 valence electrons. The Labute approximate surface area is 121 Å². The predicted molar refractivity (Wildman–Crippen MR) is 79.6 cm³/mol. The molecule has 0 aliphatic carbocycles. The molecule has 1 N–H and O–H groups in total. The van der Waals surface area contributed by atoms with Crippen molar-refractivity contribution in [1.29, 1.82) is 0 Å². The SMILES string of the molecule is CCCNC(CCn1ccnc1CCC)C(=O)OCC. The number of esters is 1. The fourth-order valence-electron chi connectivity index (χ4n) is 2.13. The Hall–Kier alpha value is -1.36. The zero-order valence-electron chi connectivity index (χ0n) is 12.9. The molecule has 20 heavy (non-hydrogen) atoms. The first kappa shape index (κ1) is 16.7. The van der Waals surface area contributed by atoms with Gasteiger partial charge in [0.25, 0.3) is 0 Å². The summed E-state index contributed by atoms with van der Waals surface area (Å²) in [7, 11) is 0.